The first-order chi connectivity index (χ1) is 10.8. The van der Waals surface area contributed by atoms with Gasteiger partial charge in [0.15, 0.2) is 0 Å². The van der Waals surface area contributed by atoms with E-state index in [0.29, 0.717) is 0 Å². The minimum atomic E-state index is 0.721. The number of hydrogen-bond donors (Lipinski definition) is 2. The fraction of sp³-hybridized carbons (Fsp3) is 0.647. The number of nitrogens with two attached hydrogens (primary N) is 1. The summed E-state index contributed by atoms with van der Waals surface area (Å²) in [4.78, 5) is 2.48. The lowest BCUT2D eigenvalue weighted by Crippen LogP contribution is -2.37. The SMILES string of the molecule is COc1ccc(CCCNCCCN2CCOCC2)cc1N. The van der Waals surface area contributed by atoms with Crippen LogP contribution in [0, 0.1) is 0 Å². The number of nitrogen functional groups attached to an aromatic ring is 1. The quantitative estimate of drug-likeness (QED) is 0.535. The molecule has 1 saturated heterocycles. The molecular formula is C17H29N3O2. The van der Waals surface area contributed by atoms with Crippen LogP contribution < -0.4 is 15.8 Å². The Labute approximate surface area is 133 Å². The highest BCUT2D eigenvalue weighted by Crippen LogP contribution is 2.22. The summed E-state index contributed by atoms with van der Waals surface area (Å²) in [5.41, 5.74) is 7.91. The summed E-state index contributed by atoms with van der Waals surface area (Å²) in [6.45, 7) is 7.25. The van der Waals surface area contributed by atoms with E-state index in [0.717, 1.165) is 63.7 Å². The highest BCUT2D eigenvalue weighted by atomic mass is 16.5. The molecule has 0 aromatic heterocycles. The molecule has 0 radical (unpaired) electrons. The van der Waals surface area contributed by atoms with Crippen LogP contribution in [0.5, 0.6) is 5.75 Å². The highest BCUT2D eigenvalue weighted by Gasteiger charge is 2.08. The normalized spacial score (nSPS) is 15.9. The van der Waals surface area contributed by atoms with Crippen LogP contribution in [-0.2, 0) is 11.2 Å². The molecule has 0 saturated carbocycles. The van der Waals surface area contributed by atoms with Crippen LogP contribution in [0.15, 0.2) is 18.2 Å². The Morgan fingerprint density at radius 1 is 1.23 bits per heavy atom. The van der Waals surface area contributed by atoms with Crippen molar-refractivity contribution >= 4 is 5.69 Å². The van der Waals surface area contributed by atoms with Crippen molar-refractivity contribution in [2.45, 2.75) is 19.3 Å². The summed E-state index contributed by atoms with van der Waals surface area (Å²) in [7, 11) is 1.65. The van der Waals surface area contributed by atoms with Gasteiger partial charge in [0.2, 0.25) is 0 Å². The molecule has 1 aromatic carbocycles. The predicted molar refractivity (Wildman–Crippen MR) is 90.5 cm³/mol. The number of morpholine rings is 1. The Hall–Kier alpha value is -1.30. The van der Waals surface area contributed by atoms with Gasteiger partial charge in [-0.2, -0.15) is 0 Å². The Kier molecular flexibility index (Phi) is 7.49. The van der Waals surface area contributed by atoms with Crippen LogP contribution in [0.25, 0.3) is 0 Å². The second-order valence-corrected chi connectivity index (χ2v) is 5.74. The summed E-state index contributed by atoms with van der Waals surface area (Å²) in [6.07, 6.45) is 3.38. The van der Waals surface area contributed by atoms with E-state index in [2.05, 4.69) is 16.3 Å². The van der Waals surface area contributed by atoms with E-state index in [4.69, 9.17) is 15.2 Å². The summed E-state index contributed by atoms with van der Waals surface area (Å²) in [5.74, 6) is 0.755. The average Bonchev–Trinajstić information content (AvgIpc) is 2.55. The van der Waals surface area contributed by atoms with E-state index in [1.807, 2.05) is 12.1 Å². The lowest BCUT2D eigenvalue weighted by atomic mass is 10.1. The summed E-state index contributed by atoms with van der Waals surface area (Å²) < 4.78 is 10.5. The van der Waals surface area contributed by atoms with Gasteiger partial charge in [0, 0.05) is 13.1 Å². The second kappa shape index (κ2) is 9.66. The maximum absolute atomic E-state index is 5.92. The van der Waals surface area contributed by atoms with Gasteiger partial charge in [-0.15, -0.1) is 0 Å². The summed E-state index contributed by atoms with van der Waals surface area (Å²) in [6, 6.07) is 6.05. The number of aryl methyl sites for hydroxylation is 1. The van der Waals surface area contributed by atoms with Crippen molar-refractivity contribution in [3.63, 3.8) is 0 Å². The molecule has 0 aliphatic carbocycles. The standard InChI is InChI=1S/C17H29N3O2/c1-21-17-6-5-15(14-16(17)18)4-2-7-19-8-3-9-20-10-12-22-13-11-20/h5-6,14,19H,2-4,7-13,18H2,1H3. The molecule has 3 N–H and O–H groups in total. The lowest BCUT2D eigenvalue weighted by Gasteiger charge is -2.26. The van der Waals surface area contributed by atoms with Crippen molar-refractivity contribution in [3.05, 3.63) is 23.8 Å². The zero-order chi connectivity index (χ0) is 15.6. The first-order valence-electron chi connectivity index (χ1n) is 8.23. The number of benzene rings is 1. The maximum Gasteiger partial charge on any atom is 0.141 e. The zero-order valence-corrected chi connectivity index (χ0v) is 13.6. The number of methoxy groups -OCH3 is 1. The topological polar surface area (TPSA) is 59.8 Å². The number of anilines is 1. The number of ether oxygens (including phenoxy) is 2. The molecule has 0 bridgehead atoms. The molecule has 1 aliphatic rings. The van der Waals surface area contributed by atoms with Gasteiger partial charge >= 0.3 is 0 Å². The van der Waals surface area contributed by atoms with Crippen molar-refractivity contribution in [3.8, 4) is 5.75 Å². The van der Waals surface area contributed by atoms with Crippen molar-refractivity contribution < 1.29 is 9.47 Å². The minimum Gasteiger partial charge on any atom is -0.495 e. The van der Waals surface area contributed by atoms with Crippen LogP contribution in [0.4, 0.5) is 5.69 Å². The van der Waals surface area contributed by atoms with E-state index in [-0.39, 0.29) is 0 Å². The van der Waals surface area contributed by atoms with E-state index in [1.165, 1.54) is 18.5 Å². The minimum absolute atomic E-state index is 0.721. The van der Waals surface area contributed by atoms with Gasteiger partial charge in [-0.05, 0) is 56.6 Å². The van der Waals surface area contributed by atoms with Crippen molar-refractivity contribution in [2.75, 3.05) is 58.8 Å². The number of hydrogen-bond acceptors (Lipinski definition) is 5. The van der Waals surface area contributed by atoms with Gasteiger partial charge in [0.1, 0.15) is 5.75 Å². The molecule has 0 unspecified atom stereocenters. The number of nitrogens with zero attached hydrogens (tertiary/aromatic N) is 1. The Morgan fingerprint density at radius 2 is 2.00 bits per heavy atom. The van der Waals surface area contributed by atoms with E-state index in [9.17, 15) is 0 Å². The van der Waals surface area contributed by atoms with E-state index < -0.39 is 0 Å². The van der Waals surface area contributed by atoms with Gasteiger partial charge in [-0.25, -0.2) is 0 Å². The molecule has 2 rings (SSSR count). The first kappa shape index (κ1) is 17.1. The third-order valence-corrected chi connectivity index (χ3v) is 4.04. The smallest absolute Gasteiger partial charge is 0.141 e. The monoisotopic (exact) mass is 307 g/mol. The predicted octanol–water partition coefficient (Wildman–Crippen LogP) is 1.52. The van der Waals surface area contributed by atoms with Crippen molar-refractivity contribution in [1.82, 2.24) is 10.2 Å². The molecule has 5 heteroatoms. The van der Waals surface area contributed by atoms with Crippen molar-refractivity contribution in [1.29, 1.82) is 0 Å². The second-order valence-electron chi connectivity index (χ2n) is 5.74. The third-order valence-electron chi connectivity index (χ3n) is 4.04. The molecule has 0 spiro atoms. The van der Waals surface area contributed by atoms with Crippen LogP contribution in [0.1, 0.15) is 18.4 Å². The molecule has 22 heavy (non-hydrogen) atoms. The first-order valence-corrected chi connectivity index (χ1v) is 8.23. The molecule has 5 nitrogen and oxygen atoms in total. The van der Waals surface area contributed by atoms with Crippen LogP contribution >= 0.6 is 0 Å². The summed E-state index contributed by atoms with van der Waals surface area (Å²) in [5, 5.41) is 3.52. The van der Waals surface area contributed by atoms with Crippen LogP contribution in [-0.4, -0.2) is 57.9 Å². The van der Waals surface area contributed by atoms with Gasteiger partial charge in [0.05, 0.1) is 26.0 Å². The van der Waals surface area contributed by atoms with E-state index >= 15 is 0 Å². The van der Waals surface area contributed by atoms with Gasteiger partial charge in [0.25, 0.3) is 0 Å². The Balaban J connectivity index is 1.51. The largest absolute Gasteiger partial charge is 0.495 e. The Morgan fingerprint density at radius 3 is 2.73 bits per heavy atom. The van der Waals surface area contributed by atoms with Gasteiger partial charge in [-0.1, -0.05) is 6.07 Å². The van der Waals surface area contributed by atoms with Crippen LogP contribution in [0.2, 0.25) is 0 Å². The average molecular weight is 307 g/mol. The molecule has 0 amide bonds. The molecule has 0 atom stereocenters. The third kappa shape index (κ3) is 5.83. The van der Waals surface area contributed by atoms with Crippen molar-refractivity contribution in [2.24, 2.45) is 0 Å². The molecular weight excluding hydrogens is 278 g/mol. The molecule has 1 aromatic rings. The fourth-order valence-electron chi connectivity index (χ4n) is 2.73. The molecule has 1 aliphatic heterocycles. The summed E-state index contributed by atoms with van der Waals surface area (Å²) >= 11 is 0. The van der Waals surface area contributed by atoms with E-state index in [1.54, 1.807) is 7.11 Å². The zero-order valence-electron chi connectivity index (χ0n) is 13.6. The fourth-order valence-corrected chi connectivity index (χ4v) is 2.73. The lowest BCUT2D eigenvalue weighted by molar-refractivity contribution is 0.0374. The highest BCUT2D eigenvalue weighted by molar-refractivity contribution is 5.54. The maximum atomic E-state index is 5.92. The molecule has 124 valence electrons. The number of rotatable bonds is 9. The van der Waals surface area contributed by atoms with Gasteiger partial charge in [-0.3, -0.25) is 4.90 Å². The molecule has 1 fully saturated rings. The number of nitrogens with one attached hydrogen (secondary N) is 1. The molecule has 1 heterocycles. The van der Waals surface area contributed by atoms with Gasteiger partial charge < -0.3 is 20.5 Å². The van der Waals surface area contributed by atoms with Crippen LogP contribution in [0.3, 0.4) is 0 Å². The Bertz CT molecular complexity index is 434.